The van der Waals surface area contributed by atoms with Crippen LogP contribution in [-0.2, 0) is 14.9 Å². The first-order valence-corrected chi connectivity index (χ1v) is 6.80. The van der Waals surface area contributed by atoms with E-state index < -0.39 is 21.4 Å². The van der Waals surface area contributed by atoms with E-state index in [0.717, 1.165) is 0 Å². The molecule has 18 heavy (non-hydrogen) atoms. The molecule has 0 aliphatic carbocycles. The number of rotatable bonds is 8. The molecular weight excluding hydrogens is 271 g/mol. The van der Waals surface area contributed by atoms with Gasteiger partial charge in [-0.3, -0.25) is 4.79 Å². The van der Waals surface area contributed by atoms with Crippen LogP contribution in [-0.4, -0.2) is 55.0 Å². The van der Waals surface area contributed by atoms with Gasteiger partial charge in [0.2, 0.25) is 5.91 Å². The van der Waals surface area contributed by atoms with Crippen LogP contribution >= 0.6 is 0 Å². The molecule has 0 aliphatic heterocycles. The molecule has 0 fully saturated rings. The monoisotopic (exact) mass is 290 g/mol. The van der Waals surface area contributed by atoms with Crippen LogP contribution in [0.2, 0.25) is 0 Å². The van der Waals surface area contributed by atoms with E-state index in [0.29, 0.717) is 13.1 Å². The smallest absolute Gasteiger partial charge is 0.748 e. The van der Waals surface area contributed by atoms with E-state index in [-0.39, 0.29) is 48.5 Å². The Balaban J connectivity index is 0. The second-order valence-electron chi connectivity index (χ2n) is 4.36. The summed E-state index contributed by atoms with van der Waals surface area (Å²) >= 11 is 0. The first-order valence-electron chi connectivity index (χ1n) is 5.22. The van der Waals surface area contributed by atoms with Gasteiger partial charge in [0.25, 0.3) is 0 Å². The molecule has 0 aromatic carbocycles. The molecule has 3 N–H and O–H groups in total. The summed E-state index contributed by atoms with van der Waals surface area (Å²) in [5.41, 5.74) is -1.07. The second kappa shape index (κ2) is 9.24. The molecule has 0 heterocycles. The minimum atomic E-state index is -4.37. The third kappa shape index (κ3) is 12.7. The van der Waals surface area contributed by atoms with E-state index in [9.17, 15) is 17.8 Å². The Hall–Kier alpha value is 0.300. The van der Waals surface area contributed by atoms with Crippen LogP contribution in [0.15, 0.2) is 0 Å². The van der Waals surface area contributed by atoms with Crippen molar-refractivity contribution in [2.24, 2.45) is 0 Å². The molecule has 0 saturated heterocycles. The van der Waals surface area contributed by atoms with Crippen molar-refractivity contribution in [3.8, 4) is 0 Å². The van der Waals surface area contributed by atoms with E-state index in [1.807, 2.05) is 0 Å². The fourth-order valence-corrected chi connectivity index (χ4v) is 2.28. The van der Waals surface area contributed by atoms with Crippen molar-refractivity contribution in [3.63, 3.8) is 0 Å². The number of carbonyl (C=O) groups is 1. The predicted molar refractivity (Wildman–Crippen MR) is 61.4 cm³/mol. The standard InChI is InChI=1S/C9H20N2O5S.Na/c1-9(2,7-17(14,15)16)11-8(13)3-4-10-5-6-12;/h10,12H,3-7H2,1-2H3,(H,11,13)(H,14,15,16);/q;+1/p-1. The summed E-state index contributed by atoms with van der Waals surface area (Å²) in [6.45, 7) is 3.71. The van der Waals surface area contributed by atoms with Gasteiger partial charge in [0.15, 0.2) is 0 Å². The Kier molecular flexibility index (Phi) is 10.6. The Morgan fingerprint density at radius 1 is 1.33 bits per heavy atom. The second-order valence-corrected chi connectivity index (χ2v) is 5.76. The number of hydrogen-bond donors (Lipinski definition) is 3. The number of amides is 1. The first-order chi connectivity index (χ1) is 7.66. The van der Waals surface area contributed by atoms with Crippen molar-refractivity contribution in [1.29, 1.82) is 0 Å². The van der Waals surface area contributed by atoms with Gasteiger partial charge >= 0.3 is 29.6 Å². The molecule has 0 spiro atoms. The van der Waals surface area contributed by atoms with Gasteiger partial charge in [0.1, 0.15) is 0 Å². The minimum absolute atomic E-state index is 0. The molecule has 1 amide bonds. The summed E-state index contributed by atoms with van der Waals surface area (Å²) in [6, 6.07) is 0. The Labute approximate surface area is 130 Å². The number of aliphatic hydroxyl groups is 1. The maximum absolute atomic E-state index is 11.4. The molecule has 0 rings (SSSR count). The molecule has 102 valence electrons. The van der Waals surface area contributed by atoms with Crippen LogP contribution in [0, 0.1) is 0 Å². The summed E-state index contributed by atoms with van der Waals surface area (Å²) in [4.78, 5) is 11.4. The van der Waals surface area contributed by atoms with Crippen molar-refractivity contribution < 1.29 is 52.4 Å². The summed E-state index contributed by atoms with van der Waals surface area (Å²) in [5, 5.41) is 13.8. The Bertz CT molecular complexity index is 345. The van der Waals surface area contributed by atoms with Gasteiger partial charge in [-0.25, -0.2) is 8.42 Å². The van der Waals surface area contributed by atoms with Gasteiger partial charge in [0, 0.05) is 25.0 Å². The third-order valence-corrected chi connectivity index (χ3v) is 2.91. The minimum Gasteiger partial charge on any atom is -0.748 e. The molecule has 0 aromatic heterocycles. The van der Waals surface area contributed by atoms with Crippen LogP contribution in [0.5, 0.6) is 0 Å². The largest absolute Gasteiger partial charge is 1.00 e. The third-order valence-electron chi connectivity index (χ3n) is 1.83. The van der Waals surface area contributed by atoms with Gasteiger partial charge in [-0.1, -0.05) is 0 Å². The fourth-order valence-electron chi connectivity index (χ4n) is 1.32. The number of nitrogens with one attached hydrogen (secondary N) is 2. The SMILES string of the molecule is CC(C)(CS(=O)(=O)[O-])NC(=O)CCNCCO.[Na+]. The molecule has 0 unspecified atom stereocenters. The zero-order chi connectivity index (χ0) is 13.5. The van der Waals surface area contributed by atoms with Crippen LogP contribution < -0.4 is 40.2 Å². The normalized spacial score (nSPS) is 11.8. The molecule has 0 saturated carbocycles. The van der Waals surface area contributed by atoms with Gasteiger partial charge in [0.05, 0.1) is 22.5 Å². The van der Waals surface area contributed by atoms with Crippen LogP contribution in [0.1, 0.15) is 20.3 Å². The zero-order valence-electron chi connectivity index (χ0n) is 11.0. The van der Waals surface area contributed by atoms with Crippen molar-refractivity contribution in [2.75, 3.05) is 25.4 Å². The van der Waals surface area contributed by atoms with Crippen molar-refractivity contribution in [3.05, 3.63) is 0 Å². The number of hydrogen-bond acceptors (Lipinski definition) is 6. The number of aliphatic hydroxyl groups excluding tert-OH is 1. The molecular formula is C9H19N2NaO5S. The average Bonchev–Trinajstić information content (AvgIpc) is 2.07. The quantitative estimate of drug-likeness (QED) is 0.235. The fraction of sp³-hybridized carbons (Fsp3) is 0.889. The van der Waals surface area contributed by atoms with E-state index in [4.69, 9.17) is 5.11 Å². The molecule has 0 atom stereocenters. The molecule has 9 heteroatoms. The van der Waals surface area contributed by atoms with Crippen molar-refractivity contribution >= 4 is 16.0 Å². The molecule has 0 bridgehead atoms. The molecule has 7 nitrogen and oxygen atoms in total. The van der Waals surface area contributed by atoms with E-state index in [1.165, 1.54) is 13.8 Å². The number of carbonyl (C=O) groups excluding carboxylic acids is 1. The van der Waals surface area contributed by atoms with E-state index in [1.54, 1.807) is 0 Å². The maximum Gasteiger partial charge on any atom is 1.00 e. The molecule has 0 aliphatic rings. The van der Waals surface area contributed by atoms with Crippen molar-refractivity contribution in [1.82, 2.24) is 10.6 Å². The van der Waals surface area contributed by atoms with Crippen LogP contribution in [0.4, 0.5) is 0 Å². The average molecular weight is 290 g/mol. The van der Waals surface area contributed by atoms with Gasteiger partial charge in [-0.15, -0.1) is 0 Å². The molecule has 0 aromatic rings. The zero-order valence-corrected chi connectivity index (χ0v) is 13.8. The molecule has 0 radical (unpaired) electrons. The summed E-state index contributed by atoms with van der Waals surface area (Å²) in [5.74, 6) is -0.986. The Morgan fingerprint density at radius 3 is 2.33 bits per heavy atom. The summed E-state index contributed by atoms with van der Waals surface area (Å²) < 4.78 is 31.7. The Morgan fingerprint density at radius 2 is 1.89 bits per heavy atom. The van der Waals surface area contributed by atoms with Gasteiger partial charge in [-0.05, 0) is 13.8 Å². The first kappa shape index (κ1) is 20.6. The summed E-state index contributed by atoms with van der Waals surface area (Å²) in [7, 11) is -4.37. The summed E-state index contributed by atoms with van der Waals surface area (Å²) in [6.07, 6.45) is 0.155. The van der Waals surface area contributed by atoms with Crippen LogP contribution in [0.3, 0.4) is 0 Å². The van der Waals surface area contributed by atoms with Crippen LogP contribution in [0.25, 0.3) is 0 Å². The van der Waals surface area contributed by atoms with Gasteiger partial charge < -0.3 is 20.3 Å². The van der Waals surface area contributed by atoms with E-state index in [2.05, 4.69) is 10.6 Å². The maximum atomic E-state index is 11.4. The predicted octanol–water partition coefficient (Wildman–Crippen LogP) is -4.60. The van der Waals surface area contributed by atoms with Crippen molar-refractivity contribution in [2.45, 2.75) is 25.8 Å². The van der Waals surface area contributed by atoms with E-state index >= 15 is 0 Å². The van der Waals surface area contributed by atoms with Gasteiger partial charge in [-0.2, -0.15) is 0 Å². The topological polar surface area (TPSA) is 119 Å².